The van der Waals surface area contributed by atoms with Gasteiger partial charge in [-0.25, -0.2) is 4.99 Å². The first-order valence-electron chi connectivity index (χ1n) is 11.2. The van der Waals surface area contributed by atoms with Crippen LogP contribution in [0, 0.1) is 34.5 Å². The number of aliphatic hydroxyl groups is 1. The fourth-order valence-electron chi connectivity index (χ4n) is 8.84. The second kappa shape index (κ2) is 6.40. The van der Waals surface area contributed by atoms with Crippen LogP contribution in [0.5, 0.6) is 0 Å². The van der Waals surface area contributed by atoms with Crippen LogP contribution in [-0.4, -0.2) is 56.5 Å². The zero-order chi connectivity index (χ0) is 21.5. The molecule has 0 aromatic rings. The number of nitrogens with one attached hydrogen (secondary N) is 1. The molecule has 3 fully saturated rings. The van der Waals surface area contributed by atoms with E-state index in [9.17, 15) is 15.0 Å². The quantitative estimate of drug-likeness (QED) is 0.307. The Balaban J connectivity index is 1.79. The number of carboxylic acids is 1. The zero-order valence-corrected chi connectivity index (χ0v) is 18.1. The summed E-state index contributed by atoms with van der Waals surface area (Å²) in [6.45, 7) is 3.98. The number of nitrogens with zero attached hydrogens (tertiary/aromatic N) is 1. The number of guanidine groups is 1. The molecule has 4 aliphatic carbocycles. The van der Waals surface area contributed by atoms with Gasteiger partial charge in [-0.2, -0.15) is 0 Å². The second-order valence-corrected chi connectivity index (χ2v) is 10.2. The first-order valence-corrected chi connectivity index (χ1v) is 11.2. The number of carbonyl (C=O) groups excluding carboxylic acids is 1. The summed E-state index contributed by atoms with van der Waals surface area (Å²) in [4.78, 5) is 17.9. The molecule has 4 N–H and O–H groups in total. The van der Waals surface area contributed by atoms with Crippen molar-refractivity contribution in [1.82, 2.24) is 0 Å². The maximum absolute atomic E-state index is 12.4. The maximum atomic E-state index is 12.4. The molecule has 1 heterocycles. The number of hydrogen-bond donors (Lipinski definition) is 3. The molecule has 0 aromatic heterocycles. The number of carboxylic acid groups (broad SMARTS) is 1. The fourth-order valence-corrected chi connectivity index (χ4v) is 8.84. The van der Waals surface area contributed by atoms with E-state index in [0.29, 0.717) is 17.8 Å². The summed E-state index contributed by atoms with van der Waals surface area (Å²) >= 11 is 0. The van der Waals surface area contributed by atoms with Crippen molar-refractivity contribution in [1.29, 1.82) is 0 Å². The van der Waals surface area contributed by atoms with Crippen molar-refractivity contribution in [2.24, 2.45) is 45.2 Å². The summed E-state index contributed by atoms with van der Waals surface area (Å²) in [5, 5.41) is 24.3. The molecule has 5 rings (SSSR count). The zero-order valence-electron chi connectivity index (χ0n) is 18.1. The van der Waals surface area contributed by atoms with Gasteiger partial charge in [0, 0.05) is 42.9 Å². The van der Waals surface area contributed by atoms with E-state index in [2.05, 4.69) is 24.1 Å². The van der Waals surface area contributed by atoms with Gasteiger partial charge in [0.05, 0.1) is 25.7 Å². The molecule has 30 heavy (non-hydrogen) atoms. The maximum Gasteiger partial charge on any atom is 0.293 e. The molecular formula is C23H33N3O4. The second-order valence-electron chi connectivity index (χ2n) is 10.2. The summed E-state index contributed by atoms with van der Waals surface area (Å²) in [5.41, 5.74) is 5.26. The molecule has 0 aromatic carbocycles. The van der Waals surface area contributed by atoms with Gasteiger partial charge in [0.25, 0.3) is 5.96 Å². The minimum atomic E-state index is -1.56. The highest BCUT2D eigenvalue weighted by Gasteiger charge is 2.79. The van der Waals surface area contributed by atoms with Crippen molar-refractivity contribution in [3.63, 3.8) is 0 Å². The first kappa shape index (κ1) is 20.2. The van der Waals surface area contributed by atoms with Gasteiger partial charge in [0.15, 0.2) is 0 Å². The van der Waals surface area contributed by atoms with E-state index < -0.39 is 17.0 Å². The van der Waals surface area contributed by atoms with E-state index in [1.165, 1.54) is 12.0 Å². The van der Waals surface area contributed by atoms with Crippen LogP contribution in [0.4, 0.5) is 0 Å². The molecule has 8 atom stereocenters. The molecular weight excluding hydrogens is 382 g/mol. The Bertz CT molecular complexity index is 882. The molecule has 1 saturated heterocycles. The van der Waals surface area contributed by atoms with Gasteiger partial charge in [-0.1, -0.05) is 24.6 Å². The number of ether oxygens (including phenoxy) is 1. The Hall–Kier alpha value is -1.70. The van der Waals surface area contributed by atoms with E-state index in [4.69, 9.17) is 10.5 Å². The molecule has 1 aliphatic heterocycles. The molecule has 5 aliphatic rings. The van der Waals surface area contributed by atoms with Crippen LogP contribution in [0.25, 0.3) is 0 Å². The molecule has 7 heteroatoms. The van der Waals surface area contributed by atoms with Gasteiger partial charge in [-0.15, -0.1) is 0 Å². The van der Waals surface area contributed by atoms with Crippen LogP contribution in [-0.2, 0) is 9.53 Å². The highest BCUT2D eigenvalue weighted by molar-refractivity contribution is 5.91. The van der Waals surface area contributed by atoms with Crippen LogP contribution < -0.4 is 15.7 Å². The Labute approximate surface area is 177 Å². The molecule has 0 amide bonds. The van der Waals surface area contributed by atoms with Gasteiger partial charge in [-0.05, 0) is 37.0 Å². The van der Waals surface area contributed by atoms with Crippen molar-refractivity contribution in [3.05, 3.63) is 23.3 Å². The normalized spacial score (nSPS) is 49.2. The number of methoxy groups -OCH3 is 1. The third kappa shape index (κ3) is 2.02. The van der Waals surface area contributed by atoms with E-state index in [-0.39, 0.29) is 29.4 Å². The van der Waals surface area contributed by atoms with Crippen LogP contribution in [0.1, 0.15) is 32.6 Å². The number of likely N-dealkylation sites (tertiary alicyclic amines) is 1. The summed E-state index contributed by atoms with van der Waals surface area (Å²) in [6.07, 6.45) is 8.24. The van der Waals surface area contributed by atoms with Crippen LogP contribution in [0.2, 0.25) is 0 Å². The number of piperidine rings is 1. The lowest BCUT2D eigenvalue weighted by Gasteiger charge is -2.64. The van der Waals surface area contributed by atoms with Crippen LogP contribution in [0.15, 0.2) is 28.3 Å². The van der Waals surface area contributed by atoms with E-state index >= 15 is 0 Å². The van der Waals surface area contributed by atoms with Gasteiger partial charge >= 0.3 is 0 Å². The average Bonchev–Trinajstić information content (AvgIpc) is 3.05. The Morgan fingerprint density at radius 2 is 2.17 bits per heavy atom. The van der Waals surface area contributed by atoms with E-state index in [0.717, 1.165) is 44.3 Å². The molecule has 7 nitrogen and oxygen atoms in total. The Kier molecular flexibility index (Phi) is 4.32. The summed E-state index contributed by atoms with van der Waals surface area (Å²) in [6, 6.07) is 0. The molecule has 2 saturated carbocycles. The summed E-state index contributed by atoms with van der Waals surface area (Å²) in [7, 11) is 3.25. The predicted molar refractivity (Wildman–Crippen MR) is 109 cm³/mol. The fraction of sp³-hybridized carbons (Fsp3) is 0.739. The summed E-state index contributed by atoms with van der Waals surface area (Å²) < 4.78 is 5.39. The third-order valence-corrected chi connectivity index (χ3v) is 9.55. The lowest BCUT2D eigenvalue weighted by Crippen LogP contribution is -3.19. The van der Waals surface area contributed by atoms with Crippen molar-refractivity contribution in [2.75, 3.05) is 33.9 Å². The number of rotatable bonds is 3. The monoisotopic (exact) mass is 415 g/mol. The van der Waals surface area contributed by atoms with Crippen molar-refractivity contribution >= 4 is 11.9 Å². The van der Waals surface area contributed by atoms with Gasteiger partial charge < -0.3 is 25.5 Å². The minimum Gasteiger partial charge on any atom is -0.545 e. The molecule has 2 bridgehead atoms. The van der Waals surface area contributed by atoms with E-state index in [1.807, 2.05) is 0 Å². The number of hydrogen-bond acceptors (Lipinski definition) is 5. The topological polar surface area (TPSA) is 112 Å². The Morgan fingerprint density at radius 3 is 2.83 bits per heavy atom. The number of aliphatic imine (C=N–C) groups is 1. The van der Waals surface area contributed by atoms with Crippen molar-refractivity contribution in [3.8, 4) is 0 Å². The predicted octanol–water partition coefficient (Wildman–Crippen LogP) is -1.12. The van der Waals surface area contributed by atoms with Crippen LogP contribution in [0.3, 0.4) is 0 Å². The number of allylic oxidation sites excluding steroid dienone is 2. The highest BCUT2D eigenvalue weighted by Crippen LogP contribution is 2.79. The SMILES string of the molecule is CN=C(N)[NH+]1CCC2C=CC3C(O)(COC)C(C(=O)[O-])=C4CC5CCC(C)C43C25C1. The van der Waals surface area contributed by atoms with Gasteiger partial charge in [0.2, 0.25) is 0 Å². The highest BCUT2D eigenvalue weighted by atomic mass is 16.5. The molecule has 164 valence electrons. The number of aliphatic carboxylic acids is 1. The minimum absolute atomic E-state index is 0.0379. The lowest BCUT2D eigenvalue weighted by molar-refractivity contribution is -0.828. The van der Waals surface area contributed by atoms with Crippen molar-refractivity contribution in [2.45, 2.75) is 38.2 Å². The summed E-state index contributed by atoms with van der Waals surface area (Å²) in [5.74, 6) is 0.0797. The molecule has 8 unspecified atom stereocenters. The average molecular weight is 416 g/mol. The smallest absolute Gasteiger partial charge is 0.293 e. The van der Waals surface area contributed by atoms with Crippen molar-refractivity contribution < 1.29 is 24.6 Å². The van der Waals surface area contributed by atoms with E-state index in [1.54, 1.807) is 7.05 Å². The lowest BCUT2D eigenvalue weighted by atomic mass is 9.40. The van der Waals surface area contributed by atoms with Gasteiger partial charge in [0.1, 0.15) is 5.60 Å². The molecule has 2 spiro atoms. The number of quaternary nitrogens is 1. The number of nitrogens with two attached hydrogens (primary N) is 1. The number of carbonyl (C=O) groups is 1. The largest absolute Gasteiger partial charge is 0.545 e. The Morgan fingerprint density at radius 1 is 1.40 bits per heavy atom. The first-order chi connectivity index (χ1) is 14.3. The third-order valence-electron chi connectivity index (χ3n) is 9.55. The van der Waals surface area contributed by atoms with Crippen LogP contribution >= 0.6 is 0 Å². The standard InChI is InChI=1S/C23H33N3O4/c1-13-4-5-15-10-16-18(19(27)28)22(29,12-30-3)17-7-6-14-8-9-26(20(24)25-2)11-21(14,15)23(13,16)17/h6-7,13-15,17,29H,4-5,8-12H2,1-3H3,(H2,24,25)(H,27,28). The van der Waals surface area contributed by atoms with Gasteiger partial charge in [-0.3, -0.25) is 4.90 Å². The molecule has 0 radical (unpaired) electrons.